The van der Waals surface area contributed by atoms with Gasteiger partial charge in [0.05, 0.1) is 24.5 Å². The van der Waals surface area contributed by atoms with Gasteiger partial charge in [0.25, 0.3) is 0 Å². The molecule has 0 aliphatic carbocycles. The van der Waals surface area contributed by atoms with Gasteiger partial charge in [0, 0.05) is 42.6 Å². The molecule has 2 aromatic heterocycles. The summed E-state index contributed by atoms with van der Waals surface area (Å²) in [5, 5.41) is 29.7. The van der Waals surface area contributed by atoms with E-state index in [4.69, 9.17) is 4.74 Å². The molecule has 0 spiro atoms. The maximum Gasteiger partial charge on any atom is 0.245 e. The molecular formula is C23H33Cl2N7O2. The van der Waals surface area contributed by atoms with Crippen LogP contribution in [0.2, 0.25) is 0 Å². The lowest BCUT2D eigenvalue weighted by Gasteiger charge is -2.53. The summed E-state index contributed by atoms with van der Waals surface area (Å²) < 4.78 is 5.89. The van der Waals surface area contributed by atoms with E-state index in [1.807, 2.05) is 24.1 Å². The molecule has 9 nitrogen and oxygen atoms in total. The second-order valence-corrected chi connectivity index (χ2v) is 9.63. The Hall–Kier alpha value is -2.46. The standard InChI is InChI=1S/C23H31N7O2.2ClH/c1-22(2)10-18(20(32-6)23(3,4)29-22)30(5)21-24-13-17(27-28-21)16-8-7-14(9-19(16)31)15-11-25-26-12-15;;/h7-9,11-13,18,20,29,31H,10H2,1-6H3,(H,25,26);2*1H/t18-,20-;;/m0../s1. The van der Waals surface area contributed by atoms with Crippen molar-refractivity contribution in [1.82, 2.24) is 30.7 Å². The molecule has 2 atom stereocenters. The van der Waals surface area contributed by atoms with E-state index in [1.165, 1.54) is 0 Å². The van der Waals surface area contributed by atoms with Crippen molar-refractivity contribution in [3.8, 4) is 28.1 Å². The second kappa shape index (κ2) is 10.4. The minimum atomic E-state index is -0.217. The summed E-state index contributed by atoms with van der Waals surface area (Å²) in [7, 11) is 3.72. The number of hydrogen-bond acceptors (Lipinski definition) is 8. The first-order valence-electron chi connectivity index (χ1n) is 10.7. The normalized spacial score (nSPS) is 20.6. The zero-order chi connectivity index (χ0) is 23.1. The van der Waals surface area contributed by atoms with Gasteiger partial charge >= 0.3 is 0 Å². The molecule has 0 unspecified atom stereocenters. The Balaban J connectivity index is 0.00000204. The molecular weight excluding hydrogens is 477 g/mol. The van der Waals surface area contributed by atoms with Crippen molar-refractivity contribution in [2.24, 2.45) is 0 Å². The van der Waals surface area contributed by atoms with Crippen LogP contribution in [0.3, 0.4) is 0 Å². The topological polar surface area (TPSA) is 112 Å². The minimum Gasteiger partial charge on any atom is -0.507 e. The van der Waals surface area contributed by atoms with Crippen molar-refractivity contribution in [3.63, 3.8) is 0 Å². The van der Waals surface area contributed by atoms with E-state index in [2.05, 4.69) is 58.4 Å². The summed E-state index contributed by atoms with van der Waals surface area (Å²) in [4.78, 5) is 6.60. The maximum absolute atomic E-state index is 10.5. The zero-order valence-corrected chi connectivity index (χ0v) is 21.9. The van der Waals surface area contributed by atoms with Crippen molar-refractivity contribution in [1.29, 1.82) is 0 Å². The third-order valence-corrected chi connectivity index (χ3v) is 6.16. The highest BCUT2D eigenvalue weighted by atomic mass is 35.5. The third-order valence-electron chi connectivity index (χ3n) is 6.16. The summed E-state index contributed by atoms with van der Waals surface area (Å²) in [6, 6.07) is 5.47. The molecule has 186 valence electrons. The van der Waals surface area contributed by atoms with E-state index in [1.54, 1.807) is 31.8 Å². The zero-order valence-electron chi connectivity index (χ0n) is 20.2. The van der Waals surface area contributed by atoms with Gasteiger partial charge in [-0.2, -0.15) is 5.10 Å². The predicted octanol–water partition coefficient (Wildman–Crippen LogP) is 3.85. The first-order valence-corrected chi connectivity index (χ1v) is 10.7. The highest BCUT2D eigenvalue weighted by Gasteiger charge is 2.48. The second-order valence-electron chi connectivity index (χ2n) is 9.63. The molecule has 1 aromatic carbocycles. The van der Waals surface area contributed by atoms with Gasteiger partial charge in [0.15, 0.2) is 0 Å². The number of benzene rings is 1. The van der Waals surface area contributed by atoms with Crippen molar-refractivity contribution in [2.45, 2.75) is 57.3 Å². The number of hydrogen-bond donors (Lipinski definition) is 3. The van der Waals surface area contributed by atoms with E-state index in [-0.39, 0.29) is 53.8 Å². The van der Waals surface area contributed by atoms with Gasteiger partial charge in [-0.25, -0.2) is 4.98 Å². The number of aromatic amines is 1. The van der Waals surface area contributed by atoms with E-state index >= 15 is 0 Å². The van der Waals surface area contributed by atoms with E-state index in [9.17, 15) is 5.11 Å². The Kier molecular flexibility index (Phi) is 8.53. The van der Waals surface area contributed by atoms with Crippen molar-refractivity contribution in [2.75, 3.05) is 19.1 Å². The SMILES string of the molecule is CO[C@H]1[C@@H](N(C)c2ncc(-c3ccc(-c4cn[nH]c4)cc3O)nn2)CC(C)(C)NC1(C)C.Cl.Cl. The molecule has 0 radical (unpaired) electrons. The van der Waals surface area contributed by atoms with Crippen LogP contribution in [0.1, 0.15) is 34.1 Å². The van der Waals surface area contributed by atoms with Gasteiger partial charge in [-0.05, 0) is 51.8 Å². The minimum absolute atomic E-state index is 0. The average Bonchev–Trinajstić information content (AvgIpc) is 3.26. The Morgan fingerprint density at radius 2 is 1.82 bits per heavy atom. The molecule has 1 fully saturated rings. The van der Waals surface area contributed by atoms with Crippen LogP contribution < -0.4 is 10.2 Å². The van der Waals surface area contributed by atoms with E-state index in [0.29, 0.717) is 17.2 Å². The number of methoxy groups -OCH3 is 1. The molecule has 1 saturated heterocycles. The van der Waals surface area contributed by atoms with Crippen LogP contribution in [-0.4, -0.2) is 67.9 Å². The van der Waals surface area contributed by atoms with Gasteiger partial charge < -0.3 is 20.1 Å². The lowest BCUT2D eigenvalue weighted by molar-refractivity contribution is -0.0338. The Labute approximate surface area is 212 Å². The summed E-state index contributed by atoms with van der Waals surface area (Å²) in [5.41, 5.74) is 2.56. The van der Waals surface area contributed by atoms with Crippen LogP contribution in [0.25, 0.3) is 22.4 Å². The third kappa shape index (κ3) is 5.43. The number of piperidine rings is 1. The van der Waals surface area contributed by atoms with Crippen LogP contribution in [-0.2, 0) is 4.74 Å². The molecule has 3 N–H and O–H groups in total. The number of ether oxygens (including phenoxy) is 1. The number of aromatic nitrogens is 5. The molecule has 1 aliphatic rings. The fourth-order valence-electron chi connectivity index (χ4n) is 4.94. The number of nitrogens with zero attached hydrogens (tertiary/aromatic N) is 5. The highest BCUT2D eigenvalue weighted by Crippen LogP contribution is 2.35. The largest absolute Gasteiger partial charge is 0.507 e. The van der Waals surface area contributed by atoms with Crippen LogP contribution in [0, 0.1) is 0 Å². The van der Waals surface area contributed by atoms with Crippen LogP contribution in [0.5, 0.6) is 5.75 Å². The molecule has 34 heavy (non-hydrogen) atoms. The number of phenolic OH excluding ortho intramolecular Hbond substituents is 1. The molecule has 1 aliphatic heterocycles. The molecule has 11 heteroatoms. The predicted molar refractivity (Wildman–Crippen MR) is 138 cm³/mol. The Morgan fingerprint density at radius 1 is 1.09 bits per heavy atom. The lowest BCUT2D eigenvalue weighted by Crippen LogP contribution is -2.70. The van der Waals surface area contributed by atoms with Crippen LogP contribution in [0.4, 0.5) is 5.95 Å². The monoisotopic (exact) mass is 509 g/mol. The quantitative estimate of drug-likeness (QED) is 0.475. The average molecular weight is 510 g/mol. The van der Waals surface area contributed by atoms with E-state index in [0.717, 1.165) is 17.5 Å². The summed E-state index contributed by atoms with van der Waals surface area (Å²) >= 11 is 0. The summed E-state index contributed by atoms with van der Waals surface area (Å²) in [6.45, 7) is 8.70. The van der Waals surface area contributed by atoms with Gasteiger partial charge in [0.2, 0.25) is 5.95 Å². The Morgan fingerprint density at radius 3 is 2.38 bits per heavy atom. The first kappa shape index (κ1) is 27.8. The number of aromatic hydroxyl groups is 1. The summed E-state index contributed by atoms with van der Waals surface area (Å²) in [5.74, 6) is 0.631. The van der Waals surface area contributed by atoms with Crippen LogP contribution >= 0.6 is 24.8 Å². The molecule has 4 rings (SSSR count). The molecule has 0 saturated carbocycles. The lowest BCUT2D eigenvalue weighted by atomic mass is 9.76. The van der Waals surface area contributed by atoms with E-state index < -0.39 is 0 Å². The van der Waals surface area contributed by atoms with Gasteiger partial charge in [-0.1, -0.05) is 6.07 Å². The first-order chi connectivity index (χ1) is 15.1. The number of phenols is 1. The number of halogens is 2. The van der Waals surface area contributed by atoms with Crippen LogP contribution in [0.15, 0.2) is 36.8 Å². The summed E-state index contributed by atoms with van der Waals surface area (Å²) in [6.07, 6.45) is 5.94. The fraction of sp³-hybridized carbons (Fsp3) is 0.478. The number of H-pyrrole nitrogens is 1. The Bertz CT molecular complexity index is 1080. The molecule has 3 aromatic rings. The van der Waals surface area contributed by atoms with Gasteiger partial charge in [0.1, 0.15) is 11.4 Å². The van der Waals surface area contributed by atoms with Crippen molar-refractivity contribution in [3.05, 3.63) is 36.8 Å². The van der Waals surface area contributed by atoms with Gasteiger partial charge in [-0.3, -0.25) is 5.10 Å². The number of anilines is 1. The van der Waals surface area contributed by atoms with Gasteiger partial charge in [-0.15, -0.1) is 35.0 Å². The number of likely N-dealkylation sites (N-methyl/N-ethyl adjacent to an activating group) is 1. The van der Waals surface area contributed by atoms with Crippen molar-refractivity contribution < 1.29 is 9.84 Å². The highest BCUT2D eigenvalue weighted by molar-refractivity contribution is 5.85. The number of nitrogens with one attached hydrogen (secondary N) is 2. The molecule has 0 bridgehead atoms. The van der Waals surface area contributed by atoms with Crippen molar-refractivity contribution >= 4 is 30.8 Å². The fourth-order valence-corrected chi connectivity index (χ4v) is 4.94. The molecule has 3 heterocycles. The smallest absolute Gasteiger partial charge is 0.245 e. The maximum atomic E-state index is 10.5. The number of rotatable bonds is 5. The molecule has 0 amide bonds.